The first kappa shape index (κ1) is 23.0. The Balaban J connectivity index is 1.51. The zero-order chi connectivity index (χ0) is 23.6. The van der Waals surface area contributed by atoms with Gasteiger partial charge in [0.2, 0.25) is 5.91 Å². The number of aromatic nitrogens is 2. The highest BCUT2D eigenvalue weighted by molar-refractivity contribution is 5.98. The zero-order valence-corrected chi connectivity index (χ0v) is 17.7. The Morgan fingerprint density at radius 1 is 1.12 bits per heavy atom. The van der Waals surface area contributed by atoms with Gasteiger partial charge in [-0.3, -0.25) is 24.4 Å². The van der Waals surface area contributed by atoms with E-state index < -0.39 is 23.6 Å². The van der Waals surface area contributed by atoms with E-state index in [1.165, 1.54) is 12.1 Å². The Morgan fingerprint density at radius 3 is 2.48 bits per heavy atom. The minimum absolute atomic E-state index is 0.0161. The molecule has 1 aromatic carbocycles. The standard InChI is InChI=1S/C22H23F3N4O4/c23-22(24,25)15-6-4-14(5-7-15)16-11-26-27-21(16)17-3-1-2-9-28(17)18(30)8-10-29-19(31)12-33-13-20(29)32/h4-7,11,17H,1-3,8-10,12-13H2,(H,26,27)/t17-/m1/s1. The predicted octanol–water partition coefficient (Wildman–Crippen LogP) is 2.92. The molecule has 0 saturated carbocycles. The second-order valence-electron chi connectivity index (χ2n) is 8.05. The molecule has 33 heavy (non-hydrogen) atoms. The maximum atomic E-state index is 13.0. The second kappa shape index (κ2) is 9.34. The topological polar surface area (TPSA) is 95.6 Å². The van der Waals surface area contributed by atoms with Gasteiger partial charge in [-0.25, -0.2) is 0 Å². The van der Waals surface area contributed by atoms with Crippen molar-refractivity contribution in [2.75, 3.05) is 26.3 Å². The summed E-state index contributed by atoms with van der Waals surface area (Å²) in [5.74, 6) is -1.14. The maximum absolute atomic E-state index is 13.0. The maximum Gasteiger partial charge on any atom is 0.416 e. The molecule has 3 amide bonds. The molecule has 4 rings (SSSR count). The number of halogens is 3. The summed E-state index contributed by atoms with van der Waals surface area (Å²) in [7, 11) is 0. The third-order valence-corrected chi connectivity index (χ3v) is 5.95. The fraction of sp³-hybridized carbons (Fsp3) is 0.455. The van der Waals surface area contributed by atoms with Gasteiger partial charge in [0.15, 0.2) is 0 Å². The highest BCUT2D eigenvalue weighted by atomic mass is 19.4. The summed E-state index contributed by atoms with van der Waals surface area (Å²) < 4.78 is 43.6. The SMILES string of the molecule is O=C1COCC(=O)N1CCC(=O)N1CCCC[C@@H]1c1[nH]ncc1-c1ccc(C(F)(F)F)cc1. The molecule has 0 aliphatic carbocycles. The van der Waals surface area contributed by atoms with E-state index in [9.17, 15) is 27.6 Å². The average molecular weight is 464 g/mol. The predicted molar refractivity (Wildman–Crippen MR) is 109 cm³/mol. The van der Waals surface area contributed by atoms with E-state index in [1.807, 2.05) is 0 Å². The van der Waals surface area contributed by atoms with Gasteiger partial charge in [-0.1, -0.05) is 12.1 Å². The first-order valence-corrected chi connectivity index (χ1v) is 10.7. The number of rotatable bonds is 5. The summed E-state index contributed by atoms with van der Waals surface area (Å²) in [6, 6.07) is 4.49. The van der Waals surface area contributed by atoms with E-state index in [2.05, 4.69) is 10.2 Å². The molecule has 8 nitrogen and oxygen atoms in total. The third-order valence-electron chi connectivity index (χ3n) is 5.95. The molecule has 0 unspecified atom stereocenters. The summed E-state index contributed by atoms with van der Waals surface area (Å²) in [5.41, 5.74) is 1.11. The number of piperidine rings is 1. The number of hydrogen-bond donors (Lipinski definition) is 1. The van der Waals surface area contributed by atoms with Crippen molar-refractivity contribution in [3.63, 3.8) is 0 Å². The Labute approximate surface area is 187 Å². The van der Waals surface area contributed by atoms with Gasteiger partial charge in [0.25, 0.3) is 11.8 Å². The lowest BCUT2D eigenvalue weighted by Crippen LogP contribution is -2.48. The number of amides is 3. The molecule has 0 radical (unpaired) electrons. The number of likely N-dealkylation sites (tertiary alicyclic amines) is 1. The average Bonchev–Trinajstić information content (AvgIpc) is 3.28. The zero-order valence-electron chi connectivity index (χ0n) is 17.7. The van der Waals surface area contributed by atoms with Crippen molar-refractivity contribution in [1.82, 2.24) is 20.0 Å². The van der Waals surface area contributed by atoms with Crippen LogP contribution in [-0.4, -0.2) is 64.0 Å². The summed E-state index contributed by atoms with van der Waals surface area (Å²) in [4.78, 5) is 39.6. The van der Waals surface area contributed by atoms with Crippen LogP contribution in [0.25, 0.3) is 11.1 Å². The van der Waals surface area contributed by atoms with E-state index in [4.69, 9.17) is 4.74 Å². The van der Waals surface area contributed by atoms with Gasteiger partial charge >= 0.3 is 6.18 Å². The summed E-state index contributed by atoms with van der Waals surface area (Å²) >= 11 is 0. The third kappa shape index (κ3) is 4.92. The van der Waals surface area contributed by atoms with Gasteiger partial charge in [-0.2, -0.15) is 18.3 Å². The van der Waals surface area contributed by atoms with Crippen LogP contribution in [0.2, 0.25) is 0 Å². The molecule has 3 heterocycles. The van der Waals surface area contributed by atoms with Crippen LogP contribution in [-0.2, 0) is 25.3 Å². The fourth-order valence-corrected chi connectivity index (χ4v) is 4.27. The second-order valence-corrected chi connectivity index (χ2v) is 8.05. The van der Waals surface area contributed by atoms with Crippen molar-refractivity contribution >= 4 is 17.7 Å². The normalized spacial score (nSPS) is 19.8. The number of benzene rings is 1. The van der Waals surface area contributed by atoms with Crippen molar-refractivity contribution in [3.05, 3.63) is 41.7 Å². The first-order chi connectivity index (χ1) is 15.8. The molecular weight excluding hydrogens is 441 g/mol. The lowest BCUT2D eigenvalue weighted by molar-refractivity contribution is -0.158. The fourth-order valence-electron chi connectivity index (χ4n) is 4.27. The molecule has 1 N–H and O–H groups in total. The number of morpholine rings is 1. The van der Waals surface area contributed by atoms with Crippen LogP contribution in [0.15, 0.2) is 30.5 Å². The number of nitrogens with zero attached hydrogens (tertiary/aromatic N) is 3. The van der Waals surface area contributed by atoms with Gasteiger partial charge in [0.1, 0.15) is 13.2 Å². The number of alkyl halides is 3. The van der Waals surface area contributed by atoms with Crippen LogP contribution in [0.5, 0.6) is 0 Å². The van der Waals surface area contributed by atoms with Gasteiger partial charge in [0.05, 0.1) is 23.5 Å². The molecular formula is C22H23F3N4O4. The highest BCUT2D eigenvalue weighted by Crippen LogP contribution is 2.37. The number of H-pyrrole nitrogens is 1. The Hall–Kier alpha value is -3.21. The van der Waals surface area contributed by atoms with Crippen LogP contribution >= 0.6 is 0 Å². The molecule has 0 spiro atoms. The quantitative estimate of drug-likeness (QED) is 0.687. The van der Waals surface area contributed by atoms with Crippen LogP contribution < -0.4 is 0 Å². The molecule has 2 fully saturated rings. The van der Waals surface area contributed by atoms with Gasteiger partial charge in [0, 0.05) is 25.1 Å². The molecule has 0 bridgehead atoms. The summed E-state index contributed by atoms with van der Waals surface area (Å²) in [6.07, 6.45) is -0.551. The number of ether oxygens (including phenoxy) is 1. The molecule has 2 aromatic rings. The highest BCUT2D eigenvalue weighted by Gasteiger charge is 2.33. The molecule has 176 valence electrons. The van der Waals surface area contributed by atoms with Crippen molar-refractivity contribution in [2.24, 2.45) is 0 Å². The molecule has 2 saturated heterocycles. The lowest BCUT2D eigenvalue weighted by atomic mass is 9.94. The van der Waals surface area contributed by atoms with Crippen LogP contribution in [0.1, 0.15) is 43.0 Å². The molecule has 2 aliphatic heterocycles. The van der Waals surface area contributed by atoms with Crippen molar-refractivity contribution in [1.29, 1.82) is 0 Å². The molecule has 1 atom stereocenters. The number of carbonyl (C=O) groups excluding carboxylic acids is 3. The van der Waals surface area contributed by atoms with Crippen molar-refractivity contribution in [3.8, 4) is 11.1 Å². The summed E-state index contributed by atoms with van der Waals surface area (Å²) in [6.45, 7) is 0.117. The number of imide groups is 1. The number of carbonyl (C=O) groups is 3. The Bertz CT molecular complexity index is 1020. The monoisotopic (exact) mass is 464 g/mol. The minimum atomic E-state index is -4.42. The number of hydrogen-bond acceptors (Lipinski definition) is 5. The largest absolute Gasteiger partial charge is 0.416 e. The summed E-state index contributed by atoms with van der Waals surface area (Å²) in [5, 5.41) is 7.00. The van der Waals surface area contributed by atoms with E-state index in [-0.39, 0.29) is 38.1 Å². The van der Waals surface area contributed by atoms with E-state index in [0.717, 1.165) is 29.9 Å². The smallest absolute Gasteiger partial charge is 0.362 e. The van der Waals surface area contributed by atoms with Gasteiger partial charge in [-0.15, -0.1) is 0 Å². The van der Waals surface area contributed by atoms with E-state index >= 15 is 0 Å². The van der Waals surface area contributed by atoms with Crippen molar-refractivity contribution in [2.45, 2.75) is 37.9 Å². The minimum Gasteiger partial charge on any atom is -0.362 e. The van der Waals surface area contributed by atoms with Crippen LogP contribution in [0.3, 0.4) is 0 Å². The van der Waals surface area contributed by atoms with E-state index in [1.54, 1.807) is 11.1 Å². The van der Waals surface area contributed by atoms with Crippen LogP contribution in [0.4, 0.5) is 13.2 Å². The number of nitrogens with one attached hydrogen (secondary N) is 1. The van der Waals surface area contributed by atoms with Crippen molar-refractivity contribution < 1.29 is 32.3 Å². The van der Waals surface area contributed by atoms with Crippen LogP contribution in [0, 0.1) is 0 Å². The Kier molecular flexibility index (Phi) is 6.50. The van der Waals surface area contributed by atoms with E-state index in [0.29, 0.717) is 29.8 Å². The Morgan fingerprint density at radius 2 is 1.82 bits per heavy atom. The van der Waals surface area contributed by atoms with Gasteiger partial charge < -0.3 is 9.64 Å². The molecule has 11 heteroatoms. The lowest BCUT2D eigenvalue weighted by Gasteiger charge is -2.36. The number of aromatic amines is 1. The molecule has 1 aromatic heterocycles. The van der Waals surface area contributed by atoms with Gasteiger partial charge in [-0.05, 0) is 37.0 Å². The first-order valence-electron chi connectivity index (χ1n) is 10.7. The molecule has 2 aliphatic rings.